The van der Waals surface area contributed by atoms with E-state index in [0.29, 0.717) is 5.52 Å². The standard InChI is InChI=1S/C21H27N5O2/c1-13(2)18-15-11-22-26(16-10-8-7-9-14(16)3)19(15)20(28)25(24-18)12-17(27)23-21(4,5)6/h7-11,13H,12H2,1-6H3,(H,23,27). The van der Waals surface area contributed by atoms with Gasteiger partial charge in [-0.1, -0.05) is 32.0 Å². The van der Waals surface area contributed by atoms with E-state index in [9.17, 15) is 9.59 Å². The summed E-state index contributed by atoms with van der Waals surface area (Å²) < 4.78 is 2.90. The molecule has 0 aliphatic carbocycles. The van der Waals surface area contributed by atoms with Crippen molar-refractivity contribution in [2.24, 2.45) is 0 Å². The first-order chi connectivity index (χ1) is 13.1. The Morgan fingerprint density at radius 2 is 1.89 bits per heavy atom. The van der Waals surface area contributed by atoms with Crippen LogP contribution in [-0.2, 0) is 11.3 Å². The number of aromatic nitrogens is 4. The molecule has 1 aromatic carbocycles. The molecule has 0 bridgehead atoms. The fourth-order valence-electron chi connectivity index (χ4n) is 3.20. The Morgan fingerprint density at radius 3 is 2.50 bits per heavy atom. The quantitative estimate of drug-likeness (QED) is 0.753. The van der Waals surface area contributed by atoms with Gasteiger partial charge in [0.25, 0.3) is 5.56 Å². The van der Waals surface area contributed by atoms with Crippen LogP contribution in [0.1, 0.15) is 51.8 Å². The maximum absolute atomic E-state index is 13.2. The number of carbonyl (C=O) groups excluding carboxylic acids is 1. The van der Waals surface area contributed by atoms with Gasteiger partial charge in [0.1, 0.15) is 12.1 Å². The lowest BCUT2D eigenvalue weighted by molar-refractivity contribution is -0.123. The Balaban J connectivity index is 2.20. The van der Waals surface area contributed by atoms with Crippen LogP contribution in [0, 0.1) is 6.92 Å². The molecule has 7 nitrogen and oxygen atoms in total. The molecule has 1 amide bonds. The zero-order valence-electron chi connectivity index (χ0n) is 17.3. The lowest BCUT2D eigenvalue weighted by Gasteiger charge is -2.21. The maximum Gasteiger partial charge on any atom is 0.293 e. The molecule has 0 saturated carbocycles. The first-order valence-corrected chi connectivity index (χ1v) is 9.44. The summed E-state index contributed by atoms with van der Waals surface area (Å²) in [5, 5.41) is 12.6. The number of nitrogens with zero attached hydrogens (tertiary/aromatic N) is 4. The van der Waals surface area contributed by atoms with Gasteiger partial charge in [-0.2, -0.15) is 10.2 Å². The molecule has 28 heavy (non-hydrogen) atoms. The molecule has 0 atom stereocenters. The summed E-state index contributed by atoms with van der Waals surface area (Å²) in [6.07, 6.45) is 1.69. The maximum atomic E-state index is 13.2. The molecule has 1 N–H and O–H groups in total. The van der Waals surface area contributed by atoms with Crippen molar-refractivity contribution < 1.29 is 4.79 Å². The van der Waals surface area contributed by atoms with Crippen molar-refractivity contribution in [2.75, 3.05) is 0 Å². The smallest absolute Gasteiger partial charge is 0.293 e. The lowest BCUT2D eigenvalue weighted by Crippen LogP contribution is -2.44. The highest BCUT2D eigenvalue weighted by Gasteiger charge is 2.21. The van der Waals surface area contributed by atoms with Gasteiger partial charge in [-0.3, -0.25) is 9.59 Å². The zero-order chi connectivity index (χ0) is 20.6. The van der Waals surface area contributed by atoms with Crippen molar-refractivity contribution in [3.05, 3.63) is 52.1 Å². The van der Waals surface area contributed by atoms with Crippen LogP contribution in [-0.4, -0.2) is 31.0 Å². The van der Waals surface area contributed by atoms with Crippen LogP contribution in [0.3, 0.4) is 0 Å². The fraction of sp³-hybridized carbons (Fsp3) is 0.429. The average Bonchev–Trinajstić information content (AvgIpc) is 3.01. The third-order valence-corrected chi connectivity index (χ3v) is 4.41. The third-order valence-electron chi connectivity index (χ3n) is 4.41. The summed E-state index contributed by atoms with van der Waals surface area (Å²) in [6.45, 7) is 11.6. The first-order valence-electron chi connectivity index (χ1n) is 9.44. The van der Waals surface area contributed by atoms with Gasteiger partial charge in [0.05, 0.1) is 17.6 Å². The van der Waals surface area contributed by atoms with Gasteiger partial charge in [0.2, 0.25) is 5.91 Å². The van der Waals surface area contributed by atoms with Crippen LogP contribution >= 0.6 is 0 Å². The second-order valence-corrected chi connectivity index (χ2v) is 8.41. The van der Waals surface area contributed by atoms with Gasteiger partial charge in [0, 0.05) is 10.9 Å². The number of benzene rings is 1. The molecule has 2 heterocycles. The third kappa shape index (κ3) is 3.83. The molecule has 0 radical (unpaired) electrons. The summed E-state index contributed by atoms with van der Waals surface area (Å²) >= 11 is 0. The van der Waals surface area contributed by atoms with Gasteiger partial charge in [0.15, 0.2) is 0 Å². The largest absolute Gasteiger partial charge is 0.350 e. The number of para-hydroxylation sites is 1. The minimum Gasteiger partial charge on any atom is -0.350 e. The molecule has 7 heteroatoms. The topological polar surface area (TPSA) is 81.8 Å². The molecule has 3 rings (SSSR count). The predicted octanol–water partition coefficient (Wildman–Crippen LogP) is 2.93. The number of aryl methyl sites for hydroxylation is 1. The molecule has 0 fully saturated rings. The highest BCUT2D eigenvalue weighted by atomic mass is 16.2. The molecular weight excluding hydrogens is 354 g/mol. The minimum atomic E-state index is -0.380. The number of amides is 1. The van der Waals surface area contributed by atoms with E-state index in [1.165, 1.54) is 4.68 Å². The molecule has 0 aliphatic heterocycles. The number of hydrogen-bond donors (Lipinski definition) is 1. The van der Waals surface area contributed by atoms with Crippen LogP contribution in [0.4, 0.5) is 0 Å². The number of carbonyl (C=O) groups is 1. The summed E-state index contributed by atoms with van der Waals surface area (Å²) in [4.78, 5) is 25.6. The molecule has 2 aromatic heterocycles. The number of nitrogens with one attached hydrogen (secondary N) is 1. The van der Waals surface area contributed by atoms with Crippen LogP contribution in [0.25, 0.3) is 16.6 Å². The Labute approximate surface area is 164 Å². The summed E-state index contributed by atoms with van der Waals surface area (Å²) in [7, 11) is 0. The summed E-state index contributed by atoms with van der Waals surface area (Å²) in [6, 6.07) is 7.76. The van der Waals surface area contributed by atoms with Crippen molar-refractivity contribution in [1.82, 2.24) is 24.9 Å². The number of hydrogen-bond acceptors (Lipinski definition) is 4. The molecule has 0 spiro atoms. The number of rotatable bonds is 4. The van der Waals surface area contributed by atoms with E-state index >= 15 is 0 Å². The molecule has 148 valence electrons. The van der Waals surface area contributed by atoms with Crippen LogP contribution in [0.2, 0.25) is 0 Å². The van der Waals surface area contributed by atoms with Crippen molar-refractivity contribution in [1.29, 1.82) is 0 Å². The Hall–Kier alpha value is -2.96. The molecule has 0 saturated heterocycles. The van der Waals surface area contributed by atoms with E-state index in [4.69, 9.17) is 0 Å². The second kappa shape index (κ2) is 7.22. The highest BCUT2D eigenvalue weighted by Crippen LogP contribution is 2.24. The molecule has 0 unspecified atom stereocenters. The van der Waals surface area contributed by atoms with Crippen LogP contribution in [0.5, 0.6) is 0 Å². The van der Waals surface area contributed by atoms with Crippen LogP contribution < -0.4 is 10.9 Å². The first kappa shape index (κ1) is 19.8. The average molecular weight is 381 g/mol. The Bertz CT molecular complexity index is 1090. The van der Waals surface area contributed by atoms with Gasteiger partial charge in [-0.25, -0.2) is 9.36 Å². The van der Waals surface area contributed by atoms with Crippen molar-refractivity contribution in [2.45, 2.75) is 59.5 Å². The van der Waals surface area contributed by atoms with Crippen molar-refractivity contribution >= 4 is 16.8 Å². The van der Waals surface area contributed by atoms with Crippen molar-refractivity contribution in [3.8, 4) is 5.69 Å². The fourth-order valence-corrected chi connectivity index (χ4v) is 3.20. The molecule has 0 aliphatic rings. The zero-order valence-corrected chi connectivity index (χ0v) is 17.3. The van der Waals surface area contributed by atoms with Crippen LogP contribution in [0.15, 0.2) is 35.3 Å². The highest BCUT2D eigenvalue weighted by molar-refractivity contribution is 5.83. The molecule has 3 aromatic rings. The van der Waals surface area contributed by atoms with E-state index in [0.717, 1.165) is 22.3 Å². The Kier molecular flexibility index (Phi) is 5.10. The monoisotopic (exact) mass is 381 g/mol. The van der Waals surface area contributed by atoms with Gasteiger partial charge < -0.3 is 5.32 Å². The number of fused-ring (bicyclic) bond motifs is 1. The summed E-state index contributed by atoms with van der Waals surface area (Å²) in [5.41, 5.74) is 2.32. The SMILES string of the molecule is Cc1ccccc1-n1ncc2c(C(C)C)nn(CC(=O)NC(C)(C)C)c(=O)c21. The van der Waals surface area contributed by atoms with Gasteiger partial charge in [-0.05, 0) is 45.2 Å². The normalized spacial score (nSPS) is 12.0. The van der Waals surface area contributed by atoms with Gasteiger partial charge >= 0.3 is 0 Å². The van der Waals surface area contributed by atoms with Crippen molar-refractivity contribution in [3.63, 3.8) is 0 Å². The lowest BCUT2D eigenvalue weighted by atomic mass is 10.1. The van der Waals surface area contributed by atoms with E-state index < -0.39 is 0 Å². The van der Waals surface area contributed by atoms with Gasteiger partial charge in [-0.15, -0.1) is 0 Å². The molecular formula is C21H27N5O2. The predicted molar refractivity (Wildman–Crippen MR) is 110 cm³/mol. The van der Waals surface area contributed by atoms with E-state index in [1.54, 1.807) is 10.9 Å². The minimum absolute atomic E-state index is 0.0783. The summed E-state index contributed by atoms with van der Waals surface area (Å²) in [5.74, 6) is -0.173. The van der Waals surface area contributed by atoms with E-state index in [2.05, 4.69) is 15.5 Å². The Morgan fingerprint density at radius 1 is 1.21 bits per heavy atom. The van der Waals surface area contributed by atoms with E-state index in [-0.39, 0.29) is 29.5 Å². The van der Waals surface area contributed by atoms with E-state index in [1.807, 2.05) is 65.8 Å². The second-order valence-electron chi connectivity index (χ2n) is 8.41.